The van der Waals surface area contributed by atoms with Crippen LogP contribution in [-0.2, 0) is 9.47 Å². The van der Waals surface area contributed by atoms with Crippen molar-refractivity contribution in [3.8, 4) is 0 Å². The van der Waals surface area contributed by atoms with Crippen LogP contribution in [0, 0.1) is 0 Å². The molecule has 0 spiro atoms. The minimum atomic E-state index is -0.923. The summed E-state index contributed by atoms with van der Waals surface area (Å²) >= 11 is 0. The minimum absolute atomic E-state index is 0.496. The molecule has 4 aliphatic heterocycles. The molecule has 0 aromatic heterocycles. The molecule has 1 aliphatic carbocycles. The third-order valence-corrected chi connectivity index (χ3v) is 11.0. The highest BCUT2D eigenvalue weighted by Crippen LogP contribution is 2.45. The number of fused-ring (bicyclic) bond motifs is 2. The molecule has 6 heteroatoms. The first-order valence-corrected chi connectivity index (χ1v) is 20.5. The van der Waals surface area contributed by atoms with Crippen LogP contribution >= 0.6 is 0 Å². The minimum Gasteiger partial charge on any atom is -0.851 e. The topological polar surface area (TPSA) is 71.1 Å². The van der Waals surface area contributed by atoms with Gasteiger partial charge < -0.3 is 29.5 Å². The Labute approximate surface area is 305 Å². The fraction of sp³-hybridized carbons (Fsp3) is 0.682. The van der Waals surface area contributed by atoms with E-state index < -0.39 is 24.0 Å². The molecule has 0 atom stereocenters. The second kappa shape index (κ2) is 24.0. The maximum Gasteiger partial charge on any atom is 0.0641 e. The van der Waals surface area contributed by atoms with Gasteiger partial charge in [0, 0.05) is 50.8 Å². The van der Waals surface area contributed by atoms with E-state index in [9.17, 15) is 10.2 Å². The predicted octanol–water partition coefficient (Wildman–Crippen LogP) is 8.52. The van der Waals surface area contributed by atoms with Gasteiger partial charge in [0.15, 0.2) is 0 Å². The number of benzene rings is 2. The molecule has 0 saturated heterocycles. The molecule has 6 bridgehead atoms. The van der Waals surface area contributed by atoms with Crippen molar-refractivity contribution in [2.24, 2.45) is 0 Å². The molecule has 7 rings (SSSR count). The molecule has 6 nitrogen and oxygen atoms in total. The summed E-state index contributed by atoms with van der Waals surface area (Å²) in [5, 5.41) is 26.8. The second-order valence-electron chi connectivity index (χ2n) is 14.5. The van der Waals surface area contributed by atoms with E-state index >= 15 is 0 Å². The van der Waals surface area contributed by atoms with Gasteiger partial charge in [0.1, 0.15) is 0 Å². The Bertz CT molecular complexity index is 1070. The van der Waals surface area contributed by atoms with E-state index in [0.29, 0.717) is 13.2 Å². The van der Waals surface area contributed by atoms with Crippen molar-refractivity contribution < 1.29 is 19.7 Å². The Hall–Kier alpha value is -2.38. The zero-order valence-corrected chi connectivity index (χ0v) is 31.6. The number of anilines is 2. The van der Waals surface area contributed by atoms with E-state index in [1.54, 1.807) is 0 Å². The molecular weight excluding hydrogens is 620 g/mol. The normalized spacial score (nSPS) is 26.3. The summed E-state index contributed by atoms with van der Waals surface area (Å²) in [5.41, 5.74) is 3.96. The quantitative estimate of drug-likeness (QED) is 0.295. The number of ether oxygens (including phenoxy) is 2. The molecule has 0 N–H and O–H groups in total. The molecule has 280 valence electrons. The van der Waals surface area contributed by atoms with Crippen LogP contribution in [0.25, 0.3) is 0 Å². The van der Waals surface area contributed by atoms with Crippen LogP contribution in [0.1, 0.15) is 140 Å². The average molecular weight is 689 g/mol. The zero-order chi connectivity index (χ0) is 35.2. The summed E-state index contributed by atoms with van der Waals surface area (Å²) in [6.45, 7) is 10.8. The number of likely N-dealkylation sites (N-methyl/N-ethyl adjacent to an activating group) is 2. The van der Waals surface area contributed by atoms with Crippen LogP contribution in [-0.4, -0.2) is 64.8 Å². The Balaban J connectivity index is 1.26. The molecule has 0 radical (unpaired) electrons. The lowest BCUT2D eigenvalue weighted by Crippen LogP contribution is -2.63. The molecule has 50 heavy (non-hydrogen) atoms. The van der Waals surface area contributed by atoms with E-state index in [1.807, 2.05) is 24.3 Å². The van der Waals surface area contributed by atoms with Gasteiger partial charge in [0.05, 0.1) is 13.2 Å². The summed E-state index contributed by atoms with van der Waals surface area (Å²) in [6.07, 6.45) is 23.5. The largest absolute Gasteiger partial charge is 0.851 e. The van der Waals surface area contributed by atoms with E-state index in [-0.39, 0.29) is 0 Å². The summed E-state index contributed by atoms with van der Waals surface area (Å²) < 4.78 is 12.0. The van der Waals surface area contributed by atoms with Gasteiger partial charge in [-0.2, -0.15) is 0 Å². The van der Waals surface area contributed by atoms with Crippen LogP contribution in [0.3, 0.4) is 0 Å². The fourth-order valence-electron chi connectivity index (χ4n) is 7.68. The van der Waals surface area contributed by atoms with Crippen molar-refractivity contribution in [1.82, 2.24) is 0 Å². The van der Waals surface area contributed by atoms with Crippen molar-refractivity contribution >= 4 is 11.4 Å². The monoisotopic (exact) mass is 689 g/mol. The maximum atomic E-state index is 13.4. The van der Waals surface area contributed by atoms with Crippen molar-refractivity contribution in [3.63, 3.8) is 0 Å². The summed E-state index contributed by atoms with van der Waals surface area (Å²) in [7, 11) is 0. The van der Waals surface area contributed by atoms with E-state index in [4.69, 9.17) is 9.47 Å². The van der Waals surface area contributed by atoms with Crippen LogP contribution in [0.15, 0.2) is 60.7 Å². The highest BCUT2D eigenvalue weighted by molar-refractivity contribution is 5.51. The first-order chi connectivity index (χ1) is 24.6. The summed E-state index contributed by atoms with van der Waals surface area (Å²) in [5.74, 6) is -0.993. The first-order valence-electron chi connectivity index (χ1n) is 20.5. The fourth-order valence-corrected chi connectivity index (χ4v) is 7.68. The van der Waals surface area contributed by atoms with Crippen molar-refractivity contribution in [2.45, 2.75) is 141 Å². The van der Waals surface area contributed by atoms with Gasteiger partial charge in [-0.05, 0) is 99.6 Å². The highest BCUT2D eigenvalue weighted by atomic mass is 16.5. The first kappa shape index (κ1) is 40.4. The van der Waals surface area contributed by atoms with Gasteiger partial charge in [0.25, 0.3) is 0 Å². The lowest BCUT2D eigenvalue weighted by atomic mass is 9.63. The van der Waals surface area contributed by atoms with Gasteiger partial charge in [-0.25, -0.2) is 0 Å². The van der Waals surface area contributed by atoms with E-state index in [0.717, 1.165) is 74.7 Å². The van der Waals surface area contributed by atoms with Crippen LogP contribution in [0.5, 0.6) is 0 Å². The zero-order valence-electron chi connectivity index (χ0n) is 31.6. The van der Waals surface area contributed by atoms with Gasteiger partial charge in [0.2, 0.25) is 0 Å². The lowest BCUT2D eigenvalue weighted by molar-refractivity contribution is -0.536. The van der Waals surface area contributed by atoms with Gasteiger partial charge in [-0.3, -0.25) is 0 Å². The van der Waals surface area contributed by atoms with Crippen LogP contribution in [0.4, 0.5) is 11.4 Å². The van der Waals surface area contributed by atoms with Gasteiger partial charge >= 0.3 is 0 Å². The molecule has 0 unspecified atom stereocenters. The number of allylic oxidation sites excluding steroid dienone is 2. The van der Waals surface area contributed by atoms with Crippen LogP contribution in [0.2, 0.25) is 0 Å². The molecule has 4 heterocycles. The molecule has 1 fully saturated rings. The highest BCUT2D eigenvalue weighted by Gasteiger charge is 2.38. The van der Waals surface area contributed by atoms with Gasteiger partial charge in [-0.15, -0.1) is 12.2 Å². The molecule has 5 aliphatic rings. The van der Waals surface area contributed by atoms with Crippen molar-refractivity contribution in [3.05, 3.63) is 71.8 Å². The summed E-state index contributed by atoms with van der Waals surface area (Å²) in [4.78, 5) is 4.61. The smallest absolute Gasteiger partial charge is 0.0641 e. The maximum absolute atomic E-state index is 13.4. The molecule has 0 amide bonds. The molecular formula is C44H68N2O4-2. The number of hydrogen-bond acceptors (Lipinski definition) is 6. The van der Waals surface area contributed by atoms with Crippen LogP contribution < -0.4 is 20.0 Å². The predicted molar refractivity (Wildman–Crippen MR) is 206 cm³/mol. The Morgan fingerprint density at radius 2 is 0.820 bits per heavy atom. The molecule has 2 aromatic rings. The third-order valence-electron chi connectivity index (χ3n) is 11.0. The Morgan fingerprint density at radius 1 is 0.480 bits per heavy atom. The average Bonchev–Trinajstić information content (AvgIpc) is 3.13. The summed E-state index contributed by atoms with van der Waals surface area (Å²) in [6, 6.07) is 16.3. The SMILES string of the molecule is CCN1CCOCCCCCCCCC/C=C\CCCCCCCCCOCCN(CC)c2ccc(cc2)C2C([O-])C(c3ccc1cc3)C2[O-]. The number of nitrogens with zero attached hydrogens (tertiary/aromatic N) is 2. The van der Waals surface area contributed by atoms with Crippen molar-refractivity contribution in [2.75, 3.05) is 62.4 Å². The van der Waals surface area contributed by atoms with E-state index in [2.05, 4.69) is 60.1 Å². The Kier molecular flexibility index (Phi) is 19.4. The van der Waals surface area contributed by atoms with Gasteiger partial charge in [-0.1, -0.05) is 101 Å². The molecule has 1 saturated carbocycles. The lowest BCUT2D eigenvalue weighted by Gasteiger charge is -2.61. The standard InChI is InChI=1S/C44H68N2O4/c1-3-45-31-35-49-33-21-19-17-15-13-11-9-7-5-6-8-10-12-14-16-18-20-22-34-50-36-32-46(4-2)40-29-25-38(26-30-40)42-43(47)41(44(42)48)37-23-27-39(45)28-24-37/h5-6,23-30,41-44H,3-4,7-22,31-36H2,1-2H3/q-2/b6-5-. The number of rotatable bonds is 2. The number of hydrogen-bond donors (Lipinski definition) is 0. The molecule has 2 aromatic carbocycles. The van der Waals surface area contributed by atoms with E-state index in [1.165, 1.54) is 89.9 Å². The Morgan fingerprint density at radius 3 is 1.18 bits per heavy atom. The third kappa shape index (κ3) is 13.3. The van der Waals surface area contributed by atoms with Crippen molar-refractivity contribution in [1.29, 1.82) is 0 Å². The second-order valence-corrected chi connectivity index (χ2v) is 14.5.